The molecule has 6 nitrogen and oxygen atoms in total. The first kappa shape index (κ1) is 25.0. The van der Waals surface area contributed by atoms with Gasteiger partial charge in [-0.05, 0) is 42.7 Å². The Morgan fingerprint density at radius 3 is 2.52 bits per heavy atom. The molecule has 0 fully saturated rings. The smallest absolute Gasteiger partial charge is 0.188 e. The van der Waals surface area contributed by atoms with Crippen molar-refractivity contribution in [3.05, 3.63) is 59.2 Å². The molecule has 3 N–H and O–H groups in total. The Hall–Kier alpha value is -2.00. The highest BCUT2D eigenvalue weighted by molar-refractivity contribution is 14.0. The van der Waals surface area contributed by atoms with E-state index >= 15 is 0 Å². The predicted octanol–water partition coefficient (Wildman–Crippen LogP) is 3.68. The molecule has 0 aliphatic heterocycles. The quantitative estimate of drug-likeness (QED) is 0.208. The van der Waals surface area contributed by atoms with E-state index in [1.807, 2.05) is 43.3 Å². The molecule has 0 heterocycles. The number of halogens is 1. The molecule has 0 saturated heterocycles. The second-order valence-corrected chi connectivity index (χ2v) is 6.53. The number of benzene rings is 2. The van der Waals surface area contributed by atoms with Crippen LogP contribution in [-0.2, 0) is 17.7 Å². The minimum absolute atomic E-state index is 0. The standard InChI is InChI=1S/C22H31N3O3.HI/c1-17-5-8-19(21(15-17)28-14-4-13-26-2)16-25-22(23)24-12-11-18-6-9-20(27-3)10-7-18;/h5-10,15H,4,11-14,16H2,1-3H3,(H3,23,24,25);1H. The fourth-order valence-electron chi connectivity index (χ4n) is 2.67. The molecule has 2 aromatic carbocycles. The average Bonchev–Trinajstić information content (AvgIpc) is 2.71. The fraction of sp³-hybridized carbons (Fsp3) is 0.409. The van der Waals surface area contributed by atoms with Crippen LogP contribution in [0.15, 0.2) is 47.5 Å². The molecule has 0 bridgehead atoms. The van der Waals surface area contributed by atoms with E-state index in [4.69, 9.17) is 19.9 Å². The molecule has 0 unspecified atom stereocenters. The molecule has 0 spiro atoms. The Kier molecular flexibility index (Phi) is 12.1. The molecule has 0 radical (unpaired) electrons. The van der Waals surface area contributed by atoms with E-state index in [0.717, 1.165) is 42.0 Å². The molecule has 0 atom stereocenters. The Bertz CT molecular complexity index is 751. The lowest BCUT2D eigenvalue weighted by Crippen LogP contribution is -2.33. The third-order valence-electron chi connectivity index (χ3n) is 4.27. The minimum Gasteiger partial charge on any atom is -0.497 e. The van der Waals surface area contributed by atoms with Gasteiger partial charge in [0.05, 0.1) is 20.3 Å². The number of nitrogens with one attached hydrogen (secondary N) is 1. The lowest BCUT2D eigenvalue weighted by molar-refractivity contribution is 0.172. The summed E-state index contributed by atoms with van der Waals surface area (Å²) in [5.74, 6) is 2.14. The van der Waals surface area contributed by atoms with Crippen molar-refractivity contribution in [1.29, 1.82) is 0 Å². The van der Waals surface area contributed by atoms with Crippen molar-refractivity contribution in [3.8, 4) is 11.5 Å². The maximum absolute atomic E-state index is 6.01. The molecule has 0 amide bonds. The molecule has 0 aliphatic rings. The van der Waals surface area contributed by atoms with Crippen LogP contribution in [0.4, 0.5) is 0 Å². The summed E-state index contributed by atoms with van der Waals surface area (Å²) < 4.78 is 16.1. The zero-order valence-corrected chi connectivity index (χ0v) is 19.8. The van der Waals surface area contributed by atoms with Crippen LogP contribution >= 0.6 is 24.0 Å². The molecule has 7 heteroatoms. The topological polar surface area (TPSA) is 78.1 Å². The number of rotatable bonds is 11. The van der Waals surface area contributed by atoms with Crippen molar-refractivity contribution < 1.29 is 14.2 Å². The summed E-state index contributed by atoms with van der Waals surface area (Å²) >= 11 is 0. The Labute approximate surface area is 190 Å². The van der Waals surface area contributed by atoms with Crippen LogP contribution in [0, 0.1) is 6.92 Å². The SMILES string of the molecule is COCCCOc1cc(C)ccc1CN=C(N)NCCc1ccc(OC)cc1.I. The van der Waals surface area contributed by atoms with Crippen molar-refractivity contribution >= 4 is 29.9 Å². The molecule has 0 saturated carbocycles. The van der Waals surface area contributed by atoms with Gasteiger partial charge in [-0.1, -0.05) is 24.3 Å². The summed E-state index contributed by atoms with van der Waals surface area (Å²) in [4.78, 5) is 4.45. The number of hydrogen-bond donors (Lipinski definition) is 2. The third-order valence-corrected chi connectivity index (χ3v) is 4.27. The highest BCUT2D eigenvalue weighted by Crippen LogP contribution is 2.21. The van der Waals surface area contributed by atoms with E-state index in [9.17, 15) is 0 Å². The first-order valence-corrected chi connectivity index (χ1v) is 9.50. The van der Waals surface area contributed by atoms with Crippen molar-refractivity contribution in [1.82, 2.24) is 5.32 Å². The van der Waals surface area contributed by atoms with Gasteiger partial charge in [-0.25, -0.2) is 4.99 Å². The monoisotopic (exact) mass is 513 g/mol. The fourth-order valence-corrected chi connectivity index (χ4v) is 2.67. The maximum atomic E-state index is 6.01. The number of nitrogens with two attached hydrogens (primary N) is 1. The van der Waals surface area contributed by atoms with E-state index < -0.39 is 0 Å². The van der Waals surface area contributed by atoms with Crippen LogP contribution in [0.25, 0.3) is 0 Å². The Morgan fingerprint density at radius 1 is 1.07 bits per heavy atom. The summed E-state index contributed by atoms with van der Waals surface area (Å²) in [6, 6.07) is 14.1. The van der Waals surface area contributed by atoms with Crippen LogP contribution < -0.4 is 20.5 Å². The van der Waals surface area contributed by atoms with E-state index in [-0.39, 0.29) is 24.0 Å². The highest BCUT2D eigenvalue weighted by atomic mass is 127. The first-order chi connectivity index (χ1) is 13.6. The molecular formula is C22H32IN3O3. The second kappa shape index (κ2) is 14.1. The number of hydrogen-bond acceptors (Lipinski definition) is 4. The lowest BCUT2D eigenvalue weighted by Gasteiger charge is -2.12. The van der Waals surface area contributed by atoms with Gasteiger partial charge < -0.3 is 25.3 Å². The number of aryl methyl sites for hydroxylation is 1. The van der Waals surface area contributed by atoms with Crippen molar-refractivity contribution in [2.75, 3.05) is 34.0 Å². The van der Waals surface area contributed by atoms with Crippen LogP contribution in [0.1, 0.15) is 23.1 Å². The summed E-state index contributed by atoms with van der Waals surface area (Å²) in [7, 11) is 3.36. The summed E-state index contributed by atoms with van der Waals surface area (Å²) in [6.45, 7) is 4.54. The normalized spacial score (nSPS) is 10.9. The highest BCUT2D eigenvalue weighted by Gasteiger charge is 2.05. The van der Waals surface area contributed by atoms with Gasteiger partial charge in [0.15, 0.2) is 5.96 Å². The molecule has 0 aliphatic carbocycles. The number of guanidine groups is 1. The van der Waals surface area contributed by atoms with E-state index in [1.165, 1.54) is 5.56 Å². The van der Waals surface area contributed by atoms with Gasteiger partial charge in [0.25, 0.3) is 0 Å². The van der Waals surface area contributed by atoms with E-state index in [0.29, 0.717) is 25.7 Å². The summed E-state index contributed by atoms with van der Waals surface area (Å²) in [5, 5.41) is 3.16. The second-order valence-electron chi connectivity index (χ2n) is 6.53. The van der Waals surface area contributed by atoms with Crippen molar-refractivity contribution in [2.45, 2.75) is 26.3 Å². The molecule has 2 aromatic rings. The zero-order valence-electron chi connectivity index (χ0n) is 17.4. The Morgan fingerprint density at radius 2 is 1.83 bits per heavy atom. The van der Waals surface area contributed by atoms with Gasteiger partial charge in [-0.3, -0.25) is 0 Å². The molecule has 0 aromatic heterocycles. The van der Waals surface area contributed by atoms with Crippen LogP contribution in [0.5, 0.6) is 11.5 Å². The number of nitrogens with zero attached hydrogens (tertiary/aromatic N) is 1. The molecule has 29 heavy (non-hydrogen) atoms. The predicted molar refractivity (Wildman–Crippen MR) is 129 cm³/mol. The lowest BCUT2D eigenvalue weighted by atomic mass is 10.1. The van der Waals surface area contributed by atoms with Crippen LogP contribution in [0.3, 0.4) is 0 Å². The number of ether oxygens (including phenoxy) is 3. The Balaban J connectivity index is 0.00000420. The summed E-state index contributed by atoms with van der Waals surface area (Å²) in [5.41, 5.74) is 9.40. The first-order valence-electron chi connectivity index (χ1n) is 9.50. The van der Waals surface area contributed by atoms with E-state index in [1.54, 1.807) is 14.2 Å². The van der Waals surface area contributed by atoms with Gasteiger partial charge >= 0.3 is 0 Å². The van der Waals surface area contributed by atoms with E-state index in [2.05, 4.69) is 16.4 Å². The van der Waals surface area contributed by atoms with Gasteiger partial charge in [-0.15, -0.1) is 24.0 Å². The zero-order chi connectivity index (χ0) is 20.2. The third kappa shape index (κ3) is 9.36. The number of methoxy groups -OCH3 is 2. The summed E-state index contributed by atoms with van der Waals surface area (Å²) in [6.07, 6.45) is 1.71. The molecule has 2 rings (SSSR count). The van der Waals surface area contributed by atoms with Crippen LogP contribution in [0.2, 0.25) is 0 Å². The van der Waals surface area contributed by atoms with Crippen molar-refractivity contribution in [3.63, 3.8) is 0 Å². The van der Waals surface area contributed by atoms with Crippen molar-refractivity contribution in [2.24, 2.45) is 10.7 Å². The maximum Gasteiger partial charge on any atom is 0.188 e. The van der Waals surface area contributed by atoms with Gasteiger partial charge in [-0.2, -0.15) is 0 Å². The van der Waals surface area contributed by atoms with Gasteiger partial charge in [0.1, 0.15) is 11.5 Å². The minimum atomic E-state index is 0. The van der Waals surface area contributed by atoms with Crippen LogP contribution in [-0.4, -0.2) is 39.9 Å². The average molecular weight is 513 g/mol. The van der Waals surface area contributed by atoms with Gasteiger partial charge in [0, 0.05) is 32.2 Å². The molecule has 160 valence electrons. The molecular weight excluding hydrogens is 481 g/mol. The largest absolute Gasteiger partial charge is 0.497 e. The number of aliphatic imine (C=N–C) groups is 1. The van der Waals surface area contributed by atoms with Gasteiger partial charge in [0.2, 0.25) is 0 Å².